The van der Waals surface area contributed by atoms with E-state index < -0.39 is 0 Å². The van der Waals surface area contributed by atoms with Gasteiger partial charge in [0.1, 0.15) is 0 Å². The Kier molecular flexibility index (Phi) is 4.54. The van der Waals surface area contributed by atoms with Crippen molar-refractivity contribution in [2.45, 2.75) is 26.1 Å². The molecule has 1 unspecified atom stereocenters. The molecule has 0 saturated carbocycles. The molecule has 0 bridgehead atoms. The molecule has 0 aliphatic carbocycles. The molecule has 0 amide bonds. The summed E-state index contributed by atoms with van der Waals surface area (Å²) in [6, 6.07) is 9.29. The Hall–Kier alpha value is -0.900. The molecule has 1 aliphatic heterocycles. The van der Waals surface area contributed by atoms with E-state index in [-0.39, 0.29) is 0 Å². The maximum atomic E-state index is 5.17. The van der Waals surface area contributed by atoms with E-state index >= 15 is 0 Å². The molecule has 1 aliphatic rings. The van der Waals surface area contributed by atoms with E-state index in [0.717, 1.165) is 26.2 Å². The highest BCUT2D eigenvalue weighted by atomic mass is 16.5. The van der Waals surface area contributed by atoms with Gasteiger partial charge in [-0.25, -0.2) is 0 Å². The van der Waals surface area contributed by atoms with E-state index in [1.807, 2.05) is 0 Å². The Morgan fingerprint density at radius 1 is 1.41 bits per heavy atom. The second kappa shape index (κ2) is 6.15. The van der Waals surface area contributed by atoms with Crippen LogP contribution in [0.3, 0.4) is 0 Å². The van der Waals surface area contributed by atoms with Crippen LogP contribution in [-0.2, 0) is 17.9 Å². The van der Waals surface area contributed by atoms with Gasteiger partial charge in [-0.2, -0.15) is 0 Å². The smallest absolute Gasteiger partial charge is 0.0713 e. The Bertz CT molecular complexity index is 354. The molecule has 0 aromatic heterocycles. The molecular formula is C14H22N2O. The van der Waals surface area contributed by atoms with E-state index in [4.69, 9.17) is 4.74 Å². The first-order valence-corrected chi connectivity index (χ1v) is 6.30. The molecular weight excluding hydrogens is 212 g/mol. The van der Waals surface area contributed by atoms with E-state index in [0.29, 0.717) is 12.6 Å². The molecule has 1 aromatic carbocycles. The first kappa shape index (κ1) is 12.6. The largest absolute Gasteiger partial charge is 0.380 e. The van der Waals surface area contributed by atoms with Gasteiger partial charge in [-0.3, -0.25) is 4.90 Å². The number of hydrogen-bond donors (Lipinski definition) is 1. The number of rotatable bonds is 4. The second-order valence-corrected chi connectivity index (χ2v) is 4.84. The number of methoxy groups -OCH3 is 1. The summed E-state index contributed by atoms with van der Waals surface area (Å²) in [7, 11) is 1.74. The fraction of sp³-hybridized carbons (Fsp3) is 0.571. The summed E-state index contributed by atoms with van der Waals surface area (Å²) >= 11 is 0. The van der Waals surface area contributed by atoms with Gasteiger partial charge in [0.05, 0.1) is 6.61 Å². The number of nitrogens with zero attached hydrogens (tertiary/aromatic N) is 1. The van der Waals surface area contributed by atoms with Crippen molar-refractivity contribution < 1.29 is 4.74 Å². The van der Waals surface area contributed by atoms with Crippen LogP contribution in [0.15, 0.2) is 24.3 Å². The van der Waals surface area contributed by atoms with Gasteiger partial charge < -0.3 is 10.1 Å². The average Bonchev–Trinajstić information content (AvgIpc) is 2.30. The number of piperazine rings is 1. The molecule has 1 aromatic rings. The Labute approximate surface area is 104 Å². The van der Waals surface area contributed by atoms with Crippen molar-refractivity contribution in [2.24, 2.45) is 0 Å². The van der Waals surface area contributed by atoms with Crippen molar-refractivity contribution in [2.75, 3.05) is 26.7 Å². The topological polar surface area (TPSA) is 24.5 Å². The number of benzene rings is 1. The van der Waals surface area contributed by atoms with Gasteiger partial charge in [0.2, 0.25) is 0 Å². The Morgan fingerprint density at radius 3 is 3.00 bits per heavy atom. The minimum Gasteiger partial charge on any atom is -0.380 e. The lowest BCUT2D eigenvalue weighted by molar-refractivity contribution is 0.184. The highest BCUT2D eigenvalue weighted by molar-refractivity contribution is 5.23. The summed E-state index contributed by atoms with van der Waals surface area (Å²) in [5.41, 5.74) is 2.64. The zero-order chi connectivity index (χ0) is 12.1. The molecule has 3 nitrogen and oxygen atoms in total. The zero-order valence-corrected chi connectivity index (χ0v) is 10.8. The van der Waals surface area contributed by atoms with Gasteiger partial charge in [0, 0.05) is 39.3 Å². The van der Waals surface area contributed by atoms with Crippen molar-refractivity contribution in [3.63, 3.8) is 0 Å². The summed E-state index contributed by atoms with van der Waals surface area (Å²) in [5.74, 6) is 0. The van der Waals surface area contributed by atoms with Gasteiger partial charge in [-0.1, -0.05) is 24.3 Å². The zero-order valence-electron chi connectivity index (χ0n) is 10.8. The lowest BCUT2D eigenvalue weighted by Gasteiger charge is -2.31. The van der Waals surface area contributed by atoms with Crippen molar-refractivity contribution in [1.29, 1.82) is 0 Å². The first-order chi connectivity index (χ1) is 8.28. The summed E-state index contributed by atoms with van der Waals surface area (Å²) in [5, 5.41) is 3.47. The van der Waals surface area contributed by atoms with Crippen LogP contribution >= 0.6 is 0 Å². The van der Waals surface area contributed by atoms with Crippen LogP contribution < -0.4 is 5.32 Å². The summed E-state index contributed by atoms with van der Waals surface area (Å²) in [6.45, 7) is 7.36. The minimum absolute atomic E-state index is 0.603. The van der Waals surface area contributed by atoms with Crippen LogP contribution in [0.1, 0.15) is 18.1 Å². The monoisotopic (exact) mass is 234 g/mol. The summed E-state index contributed by atoms with van der Waals surface area (Å²) < 4.78 is 5.17. The molecule has 1 atom stereocenters. The van der Waals surface area contributed by atoms with Crippen molar-refractivity contribution in [3.8, 4) is 0 Å². The third-order valence-electron chi connectivity index (χ3n) is 3.16. The SMILES string of the molecule is COCc1cccc(CN2CCNC(C)C2)c1. The third kappa shape index (κ3) is 3.80. The van der Waals surface area contributed by atoms with Crippen LogP contribution in [0.5, 0.6) is 0 Å². The Balaban J connectivity index is 1.95. The maximum absolute atomic E-state index is 5.17. The molecule has 3 heteroatoms. The lowest BCUT2D eigenvalue weighted by Crippen LogP contribution is -2.48. The van der Waals surface area contributed by atoms with E-state index in [1.54, 1.807) is 7.11 Å². The molecule has 2 rings (SSSR count). The predicted octanol–water partition coefficient (Wildman–Crippen LogP) is 1.63. The molecule has 17 heavy (non-hydrogen) atoms. The number of ether oxygens (including phenoxy) is 1. The highest BCUT2D eigenvalue weighted by Crippen LogP contribution is 2.10. The third-order valence-corrected chi connectivity index (χ3v) is 3.16. The van der Waals surface area contributed by atoms with Crippen LogP contribution in [-0.4, -0.2) is 37.7 Å². The van der Waals surface area contributed by atoms with Crippen molar-refractivity contribution in [1.82, 2.24) is 10.2 Å². The van der Waals surface area contributed by atoms with Gasteiger partial charge >= 0.3 is 0 Å². The normalized spacial score (nSPS) is 21.6. The van der Waals surface area contributed by atoms with Crippen LogP contribution in [0.2, 0.25) is 0 Å². The molecule has 1 fully saturated rings. The standard InChI is InChI=1S/C14H22N2O/c1-12-9-16(7-6-15-12)10-13-4-3-5-14(8-13)11-17-2/h3-5,8,12,15H,6-7,9-11H2,1-2H3. The molecule has 0 radical (unpaired) electrons. The average molecular weight is 234 g/mol. The van der Waals surface area contributed by atoms with E-state index in [2.05, 4.69) is 41.4 Å². The molecule has 94 valence electrons. The second-order valence-electron chi connectivity index (χ2n) is 4.84. The van der Waals surface area contributed by atoms with Gasteiger partial charge in [0.15, 0.2) is 0 Å². The number of hydrogen-bond acceptors (Lipinski definition) is 3. The van der Waals surface area contributed by atoms with Gasteiger partial charge in [-0.05, 0) is 18.1 Å². The van der Waals surface area contributed by atoms with Crippen molar-refractivity contribution in [3.05, 3.63) is 35.4 Å². The van der Waals surface area contributed by atoms with E-state index in [1.165, 1.54) is 11.1 Å². The number of nitrogens with one attached hydrogen (secondary N) is 1. The molecule has 1 saturated heterocycles. The highest BCUT2D eigenvalue weighted by Gasteiger charge is 2.15. The maximum Gasteiger partial charge on any atom is 0.0713 e. The van der Waals surface area contributed by atoms with E-state index in [9.17, 15) is 0 Å². The fourth-order valence-corrected chi connectivity index (χ4v) is 2.40. The van der Waals surface area contributed by atoms with Crippen LogP contribution in [0, 0.1) is 0 Å². The van der Waals surface area contributed by atoms with Gasteiger partial charge in [-0.15, -0.1) is 0 Å². The van der Waals surface area contributed by atoms with Gasteiger partial charge in [0.25, 0.3) is 0 Å². The fourth-order valence-electron chi connectivity index (χ4n) is 2.40. The molecule has 1 N–H and O–H groups in total. The Morgan fingerprint density at radius 2 is 2.24 bits per heavy atom. The predicted molar refractivity (Wildman–Crippen MR) is 69.9 cm³/mol. The lowest BCUT2D eigenvalue weighted by atomic mass is 10.1. The minimum atomic E-state index is 0.603. The summed E-state index contributed by atoms with van der Waals surface area (Å²) in [4.78, 5) is 2.51. The quantitative estimate of drug-likeness (QED) is 0.857. The molecule has 1 heterocycles. The van der Waals surface area contributed by atoms with Crippen LogP contribution in [0.4, 0.5) is 0 Å². The van der Waals surface area contributed by atoms with Crippen LogP contribution in [0.25, 0.3) is 0 Å². The first-order valence-electron chi connectivity index (χ1n) is 6.30. The van der Waals surface area contributed by atoms with Crippen molar-refractivity contribution >= 4 is 0 Å². The molecule has 0 spiro atoms. The summed E-state index contributed by atoms with van der Waals surface area (Å²) in [6.07, 6.45) is 0.